The third kappa shape index (κ3) is 23.5. The van der Waals surface area contributed by atoms with Gasteiger partial charge in [-0.15, -0.1) is 0 Å². The van der Waals surface area contributed by atoms with Gasteiger partial charge in [0.05, 0.1) is 24.8 Å². The summed E-state index contributed by atoms with van der Waals surface area (Å²) in [5.74, 6) is 1.25. The van der Waals surface area contributed by atoms with Gasteiger partial charge in [0.15, 0.2) is 0 Å². The number of amides is 2. The summed E-state index contributed by atoms with van der Waals surface area (Å²) in [6.07, 6.45) is 27.0. The second-order valence-electron chi connectivity index (χ2n) is 15.7. The molecule has 0 bridgehead atoms. The molecule has 1 aliphatic carbocycles. The van der Waals surface area contributed by atoms with Crippen LogP contribution in [0.1, 0.15) is 188 Å². The Morgan fingerprint density at radius 3 is 1.54 bits per heavy atom. The van der Waals surface area contributed by atoms with Gasteiger partial charge in [-0.1, -0.05) is 130 Å². The topological polar surface area (TPSA) is 88.2 Å². The molecule has 8 heteroatoms. The zero-order chi connectivity index (χ0) is 38.2. The van der Waals surface area contributed by atoms with Gasteiger partial charge in [0.25, 0.3) is 0 Å². The number of carbonyl (C=O) groups excluding carboxylic acids is 3. The van der Waals surface area contributed by atoms with E-state index in [0.717, 1.165) is 57.9 Å². The molecule has 304 valence electrons. The number of hydrogen-bond donors (Lipinski definition) is 1. The number of unbranched alkanes of at least 4 members (excludes halogenated alkanes) is 12. The fourth-order valence-corrected chi connectivity index (χ4v) is 7.05. The fraction of sp³-hybridized carbons (Fsp3) is 0.886. The largest absolute Gasteiger partial charge is 0.496 e. The minimum atomic E-state index is -0.122. The maximum Gasteiger partial charge on any atom is 0.308 e. The van der Waals surface area contributed by atoms with Crippen LogP contribution in [0.3, 0.4) is 0 Å². The van der Waals surface area contributed by atoms with E-state index in [9.17, 15) is 14.4 Å². The van der Waals surface area contributed by atoms with Crippen molar-refractivity contribution in [3.05, 3.63) is 11.3 Å². The highest BCUT2D eigenvalue weighted by molar-refractivity contribution is 5.83. The number of rotatable bonds is 35. The van der Waals surface area contributed by atoms with Gasteiger partial charge in [-0.05, 0) is 64.6 Å². The van der Waals surface area contributed by atoms with Crippen molar-refractivity contribution in [3.8, 4) is 0 Å². The van der Waals surface area contributed by atoms with Crippen molar-refractivity contribution >= 4 is 17.8 Å². The summed E-state index contributed by atoms with van der Waals surface area (Å²) in [7, 11) is 3.94. The Labute approximate surface area is 321 Å². The number of nitrogens with one attached hydrogen (secondary N) is 1. The minimum Gasteiger partial charge on any atom is -0.496 e. The molecular weight excluding hydrogens is 651 g/mol. The standard InChI is InChI=1S/C44H83N3O5/c1-7-11-15-19-24-38(25-20-16-12-8-2)43(39-28-23-29-39)51-36-34-47(42(49)31-30-41(48)45-32-33-46(5)6)35-37-52-44(50)40(26-21-17-13-9-3)27-22-18-14-10-4/h38,40H,7-37H2,1-6H3,(H,45,48). The molecule has 2 amide bonds. The van der Waals surface area contributed by atoms with Crippen LogP contribution in [0, 0.1) is 11.8 Å². The molecule has 0 saturated heterocycles. The Bertz CT molecular complexity index is 922. The lowest BCUT2D eigenvalue weighted by Gasteiger charge is -2.30. The second-order valence-corrected chi connectivity index (χ2v) is 15.7. The van der Waals surface area contributed by atoms with E-state index in [1.54, 1.807) is 4.90 Å². The van der Waals surface area contributed by atoms with E-state index in [1.807, 2.05) is 19.0 Å². The molecule has 0 spiro atoms. The van der Waals surface area contributed by atoms with E-state index < -0.39 is 0 Å². The van der Waals surface area contributed by atoms with Crippen LogP contribution in [-0.2, 0) is 23.9 Å². The van der Waals surface area contributed by atoms with E-state index in [-0.39, 0.29) is 43.2 Å². The van der Waals surface area contributed by atoms with Crippen LogP contribution in [0.15, 0.2) is 11.3 Å². The van der Waals surface area contributed by atoms with Crippen LogP contribution in [0.4, 0.5) is 0 Å². The van der Waals surface area contributed by atoms with Crippen LogP contribution in [0.5, 0.6) is 0 Å². The van der Waals surface area contributed by atoms with Crippen molar-refractivity contribution in [2.75, 3.05) is 53.5 Å². The van der Waals surface area contributed by atoms with Gasteiger partial charge in [0, 0.05) is 31.8 Å². The maximum atomic E-state index is 13.6. The SMILES string of the molecule is CCCCCCC(CCCCCC)C(=O)OCCN(CCOC(=C1CCC1)C(CCCCCC)CCCCCC)C(=O)CCC(=O)NCCN(C)C. The highest BCUT2D eigenvalue weighted by atomic mass is 16.5. The highest BCUT2D eigenvalue weighted by Crippen LogP contribution is 2.36. The van der Waals surface area contributed by atoms with Crippen LogP contribution in [-0.4, -0.2) is 81.1 Å². The number of hydrogen-bond acceptors (Lipinski definition) is 6. The van der Waals surface area contributed by atoms with Crippen molar-refractivity contribution in [2.24, 2.45) is 11.8 Å². The van der Waals surface area contributed by atoms with Gasteiger partial charge in [0.2, 0.25) is 11.8 Å². The first-order valence-electron chi connectivity index (χ1n) is 22.0. The predicted molar refractivity (Wildman–Crippen MR) is 217 cm³/mol. The fourth-order valence-electron chi connectivity index (χ4n) is 7.05. The van der Waals surface area contributed by atoms with Gasteiger partial charge in [0.1, 0.15) is 13.2 Å². The molecule has 1 rings (SSSR count). The number of esters is 1. The summed E-state index contributed by atoms with van der Waals surface area (Å²) < 4.78 is 12.6. The average Bonchev–Trinajstić information content (AvgIpc) is 3.10. The third-order valence-corrected chi connectivity index (χ3v) is 10.7. The molecule has 0 radical (unpaired) electrons. The quantitative estimate of drug-likeness (QED) is 0.0396. The summed E-state index contributed by atoms with van der Waals surface area (Å²) in [5.41, 5.74) is 1.47. The zero-order valence-electron chi connectivity index (χ0n) is 35.0. The van der Waals surface area contributed by atoms with Crippen LogP contribution in [0.25, 0.3) is 0 Å². The van der Waals surface area contributed by atoms with Gasteiger partial charge < -0.3 is 24.6 Å². The van der Waals surface area contributed by atoms with E-state index in [4.69, 9.17) is 9.47 Å². The Morgan fingerprint density at radius 1 is 0.615 bits per heavy atom. The molecule has 0 aliphatic heterocycles. The van der Waals surface area contributed by atoms with Crippen molar-refractivity contribution < 1.29 is 23.9 Å². The lowest BCUT2D eigenvalue weighted by Crippen LogP contribution is -2.38. The molecule has 1 N–H and O–H groups in total. The molecule has 0 unspecified atom stereocenters. The molecule has 8 nitrogen and oxygen atoms in total. The Balaban J connectivity index is 2.96. The molecular formula is C44H83N3O5. The maximum absolute atomic E-state index is 13.6. The summed E-state index contributed by atoms with van der Waals surface area (Å²) in [6.45, 7) is 11.6. The minimum absolute atomic E-state index is 0.0738. The lowest BCUT2D eigenvalue weighted by molar-refractivity contribution is -0.151. The predicted octanol–water partition coefficient (Wildman–Crippen LogP) is 10.4. The number of allylic oxidation sites excluding steroid dienone is 2. The van der Waals surface area contributed by atoms with E-state index >= 15 is 0 Å². The monoisotopic (exact) mass is 734 g/mol. The molecule has 52 heavy (non-hydrogen) atoms. The van der Waals surface area contributed by atoms with Crippen molar-refractivity contribution in [1.29, 1.82) is 0 Å². The van der Waals surface area contributed by atoms with Gasteiger partial charge in [-0.25, -0.2) is 0 Å². The second kappa shape index (κ2) is 32.3. The Kier molecular flexibility index (Phi) is 29.8. The molecule has 1 saturated carbocycles. The molecule has 0 aromatic rings. The number of carbonyl (C=O) groups is 3. The summed E-state index contributed by atoms with van der Waals surface area (Å²) in [6, 6.07) is 0. The van der Waals surface area contributed by atoms with Crippen molar-refractivity contribution in [2.45, 2.75) is 188 Å². The average molecular weight is 734 g/mol. The Morgan fingerprint density at radius 2 is 1.10 bits per heavy atom. The van der Waals surface area contributed by atoms with Gasteiger partial charge in [-0.3, -0.25) is 14.4 Å². The molecule has 0 aromatic carbocycles. The molecule has 1 aliphatic rings. The van der Waals surface area contributed by atoms with Crippen molar-refractivity contribution in [3.63, 3.8) is 0 Å². The van der Waals surface area contributed by atoms with Crippen LogP contribution < -0.4 is 5.32 Å². The van der Waals surface area contributed by atoms with Crippen LogP contribution in [0.2, 0.25) is 0 Å². The van der Waals surface area contributed by atoms with Gasteiger partial charge in [-0.2, -0.15) is 0 Å². The van der Waals surface area contributed by atoms with E-state index in [0.29, 0.717) is 32.2 Å². The van der Waals surface area contributed by atoms with Crippen LogP contribution >= 0.6 is 0 Å². The van der Waals surface area contributed by atoms with E-state index in [1.165, 1.54) is 108 Å². The first kappa shape index (κ1) is 47.9. The molecule has 0 heterocycles. The summed E-state index contributed by atoms with van der Waals surface area (Å²) >= 11 is 0. The zero-order valence-corrected chi connectivity index (χ0v) is 35.0. The first-order valence-corrected chi connectivity index (χ1v) is 22.0. The lowest BCUT2D eigenvalue weighted by atomic mass is 9.83. The van der Waals surface area contributed by atoms with Gasteiger partial charge >= 0.3 is 5.97 Å². The third-order valence-electron chi connectivity index (χ3n) is 10.7. The number of ether oxygens (including phenoxy) is 2. The summed E-state index contributed by atoms with van der Waals surface area (Å²) in [4.78, 5) is 43.2. The highest BCUT2D eigenvalue weighted by Gasteiger charge is 2.25. The number of likely N-dealkylation sites (N-methyl/N-ethyl adjacent to an activating group) is 1. The van der Waals surface area contributed by atoms with Crippen molar-refractivity contribution in [1.82, 2.24) is 15.1 Å². The molecule has 0 atom stereocenters. The smallest absolute Gasteiger partial charge is 0.308 e. The van der Waals surface area contributed by atoms with E-state index in [2.05, 4.69) is 33.0 Å². The molecule has 0 aromatic heterocycles. The number of nitrogens with zero attached hydrogens (tertiary/aromatic N) is 2. The Hall–Kier alpha value is -2.09. The first-order chi connectivity index (χ1) is 25.3. The normalized spacial score (nSPS) is 12.8. The molecule has 1 fully saturated rings. The summed E-state index contributed by atoms with van der Waals surface area (Å²) in [5, 5.41) is 2.92.